The van der Waals surface area contributed by atoms with Gasteiger partial charge >= 0.3 is 11.9 Å². The van der Waals surface area contributed by atoms with Gasteiger partial charge in [-0.3, -0.25) is 9.59 Å². The molecule has 0 saturated carbocycles. The minimum Gasteiger partial charge on any atom is -0.469 e. The smallest absolute Gasteiger partial charge is 0.307 e. The van der Waals surface area contributed by atoms with E-state index in [1.165, 1.54) is 14.2 Å². The molecule has 0 radical (unpaired) electrons. The number of ether oxygens (including phenoxy) is 3. The molecular weight excluding hydrogens is 188 g/mol. The number of methoxy groups -OCH3 is 3. The first kappa shape index (κ1) is 15.4. The average molecular weight is 206 g/mol. The summed E-state index contributed by atoms with van der Waals surface area (Å²) >= 11 is 0. The lowest BCUT2D eigenvalue weighted by molar-refractivity contribution is -0.142. The summed E-state index contributed by atoms with van der Waals surface area (Å²) in [5.74, 6) is -0.387. The van der Waals surface area contributed by atoms with Gasteiger partial charge in [-0.1, -0.05) is 6.92 Å². The first-order chi connectivity index (χ1) is 6.62. The molecule has 0 N–H and O–H groups in total. The Balaban J connectivity index is 0. The van der Waals surface area contributed by atoms with Crippen LogP contribution in [0.3, 0.4) is 0 Å². The van der Waals surface area contributed by atoms with Crippen LogP contribution in [0.1, 0.15) is 19.8 Å². The number of hydrogen-bond donors (Lipinski definition) is 0. The van der Waals surface area contributed by atoms with E-state index in [1.807, 2.05) is 0 Å². The lowest BCUT2D eigenvalue weighted by Crippen LogP contribution is -2.03. The molecule has 5 nitrogen and oxygen atoms in total. The van der Waals surface area contributed by atoms with Crippen LogP contribution in [0.5, 0.6) is 0 Å². The fourth-order valence-electron chi connectivity index (χ4n) is 0.432. The fraction of sp³-hybridized carbons (Fsp3) is 0.778. The van der Waals surface area contributed by atoms with Crippen molar-refractivity contribution < 1.29 is 23.8 Å². The standard InChI is InChI=1S/C5H10O3.C4H8O2/c1-7-4-3-5(6)8-2;1-3-4(5)6-2/h3-4H2,1-2H3;3H2,1-2H3. The van der Waals surface area contributed by atoms with Crippen molar-refractivity contribution in [3.05, 3.63) is 0 Å². The molecule has 14 heavy (non-hydrogen) atoms. The summed E-state index contributed by atoms with van der Waals surface area (Å²) in [6.45, 7) is 2.19. The number of carbonyl (C=O) groups excluding carboxylic acids is 2. The number of esters is 2. The van der Waals surface area contributed by atoms with Crippen LogP contribution in [-0.2, 0) is 23.8 Å². The Hall–Kier alpha value is -1.10. The first-order valence-electron chi connectivity index (χ1n) is 4.24. The van der Waals surface area contributed by atoms with Crippen LogP contribution in [0.15, 0.2) is 0 Å². The third-order valence-electron chi connectivity index (χ3n) is 1.25. The van der Waals surface area contributed by atoms with Crippen molar-refractivity contribution in [2.75, 3.05) is 27.9 Å². The first-order valence-corrected chi connectivity index (χ1v) is 4.24. The van der Waals surface area contributed by atoms with Gasteiger partial charge in [0.15, 0.2) is 0 Å². The van der Waals surface area contributed by atoms with Crippen LogP contribution in [0.4, 0.5) is 0 Å². The molecule has 0 aromatic carbocycles. The quantitative estimate of drug-likeness (QED) is 0.636. The Morgan fingerprint density at radius 1 is 1.00 bits per heavy atom. The minimum atomic E-state index is -0.230. The lowest BCUT2D eigenvalue weighted by Gasteiger charge is -1.94. The van der Waals surface area contributed by atoms with Gasteiger partial charge in [-0.2, -0.15) is 0 Å². The minimum absolute atomic E-state index is 0.157. The van der Waals surface area contributed by atoms with E-state index in [-0.39, 0.29) is 11.9 Å². The molecule has 0 spiro atoms. The summed E-state index contributed by atoms with van der Waals surface area (Å²) in [5, 5.41) is 0. The highest BCUT2D eigenvalue weighted by Gasteiger charge is 1.95. The zero-order valence-electron chi connectivity index (χ0n) is 9.16. The SMILES string of the molecule is CCC(=O)OC.COCCC(=O)OC. The van der Waals surface area contributed by atoms with Crippen molar-refractivity contribution in [3.63, 3.8) is 0 Å². The monoisotopic (exact) mass is 206 g/mol. The van der Waals surface area contributed by atoms with Crippen LogP contribution in [-0.4, -0.2) is 39.9 Å². The maximum absolute atomic E-state index is 10.3. The molecule has 0 aromatic rings. The molecule has 0 bridgehead atoms. The van der Waals surface area contributed by atoms with E-state index >= 15 is 0 Å². The van der Waals surface area contributed by atoms with Crippen LogP contribution in [0, 0.1) is 0 Å². The molecule has 0 saturated heterocycles. The van der Waals surface area contributed by atoms with Gasteiger partial charge in [0, 0.05) is 13.5 Å². The highest BCUT2D eigenvalue weighted by atomic mass is 16.5. The number of rotatable bonds is 4. The van der Waals surface area contributed by atoms with Gasteiger partial charge in [0.1, 0.15) is 0 Å². The van der Waals surface area contributed by atoms with Gasteiger partial charge in [0.25, 0.3) is 0 Å². The predicted octanol–water partition coefficient (Wildman–Crippen LogP) is 0.765. The van der Waals surface area contributed by atoms with Gasteiger partial charge in [-0.15, -0.1) is 0 Å². The zero-order chi connectivity index (χ0) is 11.4. The largest absolute Gasteiger partial charge is 0.469 e. The fourth-order valence-corrected chi connectivity index (χ4v) is 0.432. The summed E-state index contributed by atoms with van der Waals surface area (Å²) in [6, 6.07) is 0. The average Bonchev–Trinajstić information content (AvgIpc) is 2.25. The van der Waals surface area contributed by atoms with Crippen molar-refractivity contribution in [2.45, 2.75) is 19.8 Å². The van der Waals surface area contributed by atoms with Gasteiger partial charge in [-0.05, 0) is 0 Å². The van der Waals surface area contributed by atoms with Crippen molar-refractivity contribution in [2.24, 2.45) is 0 Å². The van der Waals surface area contributed by atoms with E-state index in [9.17, 15) is 9.59 Å². The molecule has 0 rings (SSSR count). The molecule has 0 unspecified atom stereocenters. The highest BCUT2D eigenvalue weighted by Crippen LogP contribution is 1.82. The maximum Gasteiger partial charge on any atom is 0.307 e. The van der Waals surface area contributed by atoms with Crippen LogP contribution in [0.25, 0.3) is 0 Å². The van der Waals surface area contributed by atoms with E-state index in [0.29, 0.717) is 19.4 Å². The van der Waals surface area contributed by atoms with E-state index in [0.717, 1.165) is 0 Å². The van der Waals surface area contributed by atoms with E-state index < -0.39 is 0 Å². The number of hydrogen-bond acceptors (Lipinski definition) is 5. The second-order valence-corrected chi connectivity index (χ2v) is 2.25. The Morgan fingerprint density at radius 3 is 1.71 bits per heavy atom. The Morgan fingerprint density at radius 2 is 1.50 bits per heavy atom. The van der Waals surface area contributed by atoms with Crippen molar-refractivity contribution >= 4 is 11.9 Å². The van der Waals surface area contributed by atoms with E-state index in [1.54, 1.807) is 14.0 Å². The second-order valence-electron chi connectivity index (χ2n) is 2.25. The molecule has 0 aliphatic heterocycles. The molecule has 0 aliphatic carbocycles. The summed E-state index contributed by atoms with van der Waals surface area (Å²) in [4.78, 5) is 20.2. The molecule has 0 heterocycles. The van der Waals surface area contributed by atoms with Gasteiger partial charge in [0.2, 0.25) is 0 Å². The molecule has 5 heteroatoms. The zero-order valence-corrected chi connectivity index (χ0v) is 9.16. The van der Waals surface area contributed by atoms with Gasteiger partial charge in [-0.25, -0.2) is 0 Å². The third kappa shape index (κ3) is 13.5. The summed E-state index contributed by atoms with van der Waals surface area (Å²) in [6.07, 6.45) is 0.809. The summed E-state index contributed by atoms with van der Waals surface area (Å²) in [5.41, 5.74) is 0. The Labute approximate surface area is 84.3 Å². The second kappa shape index (κ2) is 11.9. The van der Waals surface area contributed by atoms with E-state index in [4.69, 9.17) is 0 Å². The lowest BCUT2D eigenvalue weighted by atomic mass is 10.5. The van der Waals surface area contributed by atoms with Gasteiger partial charge in [0.05, 0.1) is 27.2 Å². The van der Waals surface area contributed by atoms with Crippen molar-refractivity contribution in [3.8, 4) is 0 Å². The van der Waals surface area contributed by atoms with Gasteiger partial charge < -0.3 is 14.2 Å². The molecule has 0 atom stereocenters. The summed E-state index contributed by atoms with van der Waals surface area (Å²) in [7, 11) is 4.28. The molecular formula is C9H18O5. The highest BCUT2D eigenvalue weighted by molar-refractivity contribution is 5.69. The molecule has 0 amide bonds. The van der Waals surface area contributed by atoms with Crippen molar-refractivity contribution in [1.82, 2.24) is 0 Å². The normalized spacial score (nSPS) is 8.29. The van der Waals surface area contributed by atoms with Crippen LogP contribution in [0.2, 0.25) is 0 Å². The predicted molar refractivity (Wildman–Crippen MR) is 50.8 cm³/mol. The molecule has 0 aliphatic rings. The molecule has 0 fully saturated rings. The maximum atomic E-state index is 10.3. The van der Waals surface area contributed by atoms with Crippen molar-refractivity contribution in [1.29, 1.82) is 0 Å². The van der Waals surface area contributed by atoms with Crippen LogP contribution >= 0.6 is 0 Å². The molecule has 84 valence electrons. The topological polar surface area (TPSA) is 61.8 Å². The third-order valence-corrected chi connectivity index (χ3v) is 1.25. The molecule has 0 aromatic heterocycles. The number of carbonyl (C=O) groups is 2. The Bertz CT molecular complexity index is 149. The van der Waals surface area contributed by atoms with Crippen LogP contribution < -0.4 is 0 Å². The summed E-state index contributed by atoms with van der Waals surface area (Å²) < 4.78 is 13.2. The van der Waals surface area contributed by atoms with E-state index in [2.05, 4.69) is 14.2 Å². The Kier molecular flexibility index (Phi) is 13.1.